The standard InChI is InChI=1S/C15H17NO2/c1-18-14(17)9-10-5-4-8-13-15(10)11-6-2-3-7-12(11)16-13/h2-3,6-7,10,16H,4-5,8-9H2,1H3/t10-/m1/s1. The number of aromatic nitrogens is 1. The summed E-state index contributed by atoms with van der Waals surface area (Å²) < 4.78 is 4.81. The first-order valence-corrected chi connectivity index (χ1v) is 6.46. The Hall–Kier alpha value is -1.77. The summed E-state index contributed by atoms with van der Waals surface area (Å²) in [6, 6.07) is 8.34. The molecule has 0 saturated carbocycles. The van der Waals surface area contributed by atoms with Crippen molar-refractivity contribution >= 4 is 16.9 Å². The number of ether oxygens (including phenoxy) is 1. The molecule has 2 aromatic rings. The fraction of sp³-hybridized carbons (Fsp3) is 0.400. The van der Waals surface area contributed by atoms with Crippen molar-refractivity contribution in [2.24, 2.45) is 0 Å². The number of H-pyrrole nitrogens is 1. The molecule has 18 heavy (non-hydrogen) atoms. The number of hydrogen-bond acceptors (Lipinski definition) is 2. The molecule has 1 aliphatic carbocycles. The highest BCUT2D eigenvalue weighted by Crippen LogP contribution is 2.38. The van der Waals surface area contributed by atoms with E-state index in [2.05, 4.69) is 23.2 Å². The van der Waals surface area contributed by atoms with E-state index in [4.69, 9.17) is 4.74 Å². The van der Waals surface area contributed by atoms with Gasteiger partial charge in [0.2, 0.25) is 0 Å². The molecule has 1 atom stereocenters. The number of nitrogens with one attached hydrogen (secondary N) is 1. The Labute approximate surface area is 106 Å². The molecular weight excluding hydrogens is 226 g/mol. The summed E-state index contributed by atoms with van der Waals surface area (Å²) in [6.45, 7) is 0. The van der Waals surface area contributed by atoms with Gasteiger partial charge in [-0.25, -0.2) is 0 Å². The predicted molar refractivity (Wildman–Crippen MR) is 70.6 cm³/mol. The van der Waals surface area contributed by atoms with Crippen molar-refractivity contribution in [1.29, 1.82) is 0 Å². The van der Waals surface area contributed by atoms with Gasteiger partial charge in [0.15, 0.2) is 0 Å². The molecule has 3 heteroatoms. The zero-order valence-corrected chi connectivity index (χ0v) is 10.5. The van der Waals surface area contributed by atoms with Crippen LogP contribution in [0.5, 0.6) is 0 Å². The van der Waals surface area contributed by atoms with E-state index >= 15 is 0 Å². The van der Waals surface area contributed by atoms with Gasteiger partial charge in [-0.3, -0.25) is 4.79 Å². The number of aromatic amines is 1. The monoisotopic (exact) mass is 243 g/mol. The van der Waals surface area contributed by atoms with Crippen LogP contribution in [0.25, 0.3) is 10.9 Å². The lowest BCUT2D eigenvalue weighted by Gasteiger charge is -2.22. The Bertz CT molecular complexity index is 585. The molecule has 1 aromatic carbocycles. The number of rotatable bonds is 2. The Morgan fingerprint density at radius 1 is 1.44 bits per heavy atom. The minimum absolute atomic E-state index is 0.113. The molecule has 0 fully saturated rings. The Morgan fingerprint density at radius 2 is 2.28 bits per heavy atom. The molecule has 0 amide bonds. The number of esters is 1. The lowest BCUT2D eigenvalue weighted by atomic mass is 9.83. The average molecular weight is 243 g/mol. The first-order chi connectivity index (χ1) is 8.79. The van der Waals surface area contributed by atoms with Crippen molar-refractivity contribution in [3.05, 3.63) is 35.5 Å². The third-order valence-corrected chi connectivity index (χ3v) is 3.86. The molecule has 0 unspecified atom stereocenters. The Morgan fingerprint density at radius 3 is 3.11 bits per heavy atom. The minimum Gasteiger partial charge on any atom is -0.469 e. The quantitative estimate of drug-likeness (QED) is 0.823. The van der Waals surface area contributed by atoms with Crippen LogP contribution in [0, 0.1) is 0 Å². The molecule has 1 aromatic heterocycles. The lowest BCUT2D eigenvalue weighted by Crippen LogP contribution is -2.14. The Balaban J connectivity index is 2.05. The van der Waals surface area contributed by atoms with Crippen LogP contribution >= 0.6 is 0 Å². The van der Waals surface area contributed by atoms with Crippen molar-refractivity contribution in [3.63, 3.8) is 0 Å². The van der Waals surface area contributed by atoms with Crippen molar-refractivity contribution in [2.75, 3.05) is 7.11 Å². The summed E-state index contributed by atoms with van der Waals surface area (Å²) in [7, 11) is 1.46. The molecule has 0 aliphatic heterocycles. The zero-order chi connectivity index (χ0) is 12.5. The van der Waals surface area contributed by atoms with Gasteiger partial charge in [0.25, 0.3) is 0 Å². The van der Waals surface area contributed by atoms with E-state index in [1.54, 1.807) is 0 Å². The molecule has 94 valence electrons. The number of carbonyl (C=O) groups excluding carboxylic acids is 1. The van der Waals surface area contributed by atoms with Crippen LogP contribution in [0.3, 0.4) is 0 Å². The zero-order valence-electron chi connectivity index (χ0n) is 10.5. The summed E-state index contributed by atoms with van der Waals surface area (Å²) in [4.78, 5) is 15.0. The largest absolute Gasteiger partial charge is 0.469 e. The number of carbonyl (C=O) groups is 1. The van der Waals surface area contributed by atoms with Crippen LogP contribution < -0.4 is 0 Å². The van der Waals surface area contributed by atoms with Crippen LogP contribution in [0.2, 0.25) is 0 Å². The van der Waals surface area contributed by atoms with Crippen LogP contribution in [0.4, 0.5) is 0 Å². The second-order valence-corrected chi connectivity index (χ2v) is 4.93. The molecule has 1 heterocycles. The highest BCUT2D eigenvalue weighted by molar-refractivity contribution is 5.86. The Kier molecular flexibility index (Phi) is 2.82. The summed E-state index contributed by atoms with van der Waals surface area (Å²) >= 11 is 0. The van der Waals surface area contributed by atoms with Gasteiger partial charge in [0.1, 0.15) is 0 Å². The SMILES string of the molecule is COC(=O)C[C@H]1CCCc2[nH]c3ccccc3c21. The maximum absolute atomic E-state index is 11.5. The summed E-state index contributed by atoms with van der Waals surface area (Å²) in [5.74, 6) is 0.190. The highest BCUT2D eigenvalue weighted by Gasteiger charge is 2.26. The molecule has 1 N–H and O–H groups in total. The van der Waals surface area contributed by atoms with Crippen molar-refractivity contribution < 1.29 is 9.53 Å². The van der Waals surface area contributed by atoms with Crippen LogP contribution in [0.1, 0.15) is 36.4 Å². The normalized spacial score (nSPS) is 18.6. The second kappa shape index (κ2) is 4.48. The van der Waals surface area contributed by atoms with Gasteiger partial charge in [-0.15, -0.1) is 0 Å². The van der Waals surface area contributed by atoms with Gasteiger partial charge in [0.05, 0.1) is 13.5 Å². The average Bonchev–Trinajstić information content (AvgIpc) is 2.78. The number of methoxy groups -OCH3 is 1. The summed E-state index contributed by atoms with van der Waals surface area (Å²) in [6.07, 6.45) is 3.79. The number of hydrogen-bond donors (Lipinski definition) is 1. The molecular formula is C15H17NO2. The first kappa shape index (κ1) is 11.3. The van der Waals surface area contributed by atoms with E-state index in [0.717, 1.165) is 19.3 Å². The molecule has 0 saturated heterocycles. The lowest BCUT2D eigenvalue weighted by molar-refractivity contribution is -0.141. The topological polar surface area (TPSA) is 42.1 Å². The van der Waals surface area contributed by atoms with E-state index < -0.39 is 0 Å². The summed E-state index contributed by atoms with van der Waals surface area (Å²) in [5, 5.41) is 1.26. The maximum Gasteiger partial charge on any atom is 0.306 e. The molecule has 3 rings (SSSR count). The first-order valence-electron chi connectivity index (χ1n) is 6.46. The number of fused-ring (bicyclic) bond motifs is 3. The van der Waals surface area contributed by atoms with Gasteiger partial charge in [-0.2, -0.15) is 0 Å². The number of para-hydroxylation sites is 1. The van der Waals surface area contributed by atoms with Crippen LogP contribution in [-0.2, 0) is 16.0 Å². The second-order valence-electron chi connectivity index (χ2n) is 4.93. The van der Waals surface area contributed by atoms with Gasteiger partial charge in [-0.1, -0.05) is 18.2 Å². The van der Waals surface area contributed by atoms with Crippen molar-refractivity contribution in [1.82, 2.24) is 4.98 Å². The van der Waals surface area contributed by atoms with Gasteiger partial charge in [0, 0.05) is 16.6 Å². The van der Waals surface area contributed by atoms with Gasteiger partial charge in [-0.05, 0) is 36.8 Å². The molecule has 1 aliphatic rings. The fourth-order valence-electron chi connectivity index (χ4n) is 3.04. The highest BCUT2D eigenvalue weighted by atomic mass is 16.5. The molecule has 0 bridgehead atoms. The van der Waals surface area contributed by atoms with Gasteiger partial charge >= 0.3 is 5.97 Å². The molecule has 3 nitrogen and oxygen atoms in total. The van der Waals surface area contributed by atoms with Crippen LogP contribution in [-0.4, -0.2) is 18.1 Å². The predicted octanol–water partition coefficient (Wildman–Crippen LogP) is 3.15. The molecule has 0 radical (unpaired) electrons. The fourth-order valence-corrected chi connectivity index (χ4v) is 3.04. The smallest absolute Gasteiger partial charge is 0.306 e. The number of benzene rings is 1. The van der Waals surface area contributed by atoms with Crippen molar-refractivity contribution in [3.8, 4) is 0 Å². The van der Waals surface area contributed by atoms with E-state index in [0.29, 0.717) is 12.3 Å². The van der Waals surface area contributed by atoms with E-state index in [9.17, 15) is 4.79 Å². The maximum atomic E-state index is 11.5. The minimum atomic E-state index is -0.113. The van der Waals surface area contributed by atoms with E-state index in [1.807, 2.05) is 6.07 Å². The van der Waals surface area contributed by atoms with Gasteiger partial charge < -0.3 is 9.72 Å². The molecule has 0 spiro atoms. The van der Waals surface area contributed by atoms with E-state index in [1.165, 1.54) is 29.3 Å². The third kappa shape index (κ3) is 1.80. The number of aryl methyl sites for hydroxylation is 1. The van der Waals surface area contributed by atoms with Crippen molar-refractivity contribution in [2.45, 2.75) is 31.6 Å². The van der Waals surface area contributed by atoms with E-state index in [-0.39, 0.29) is 5.97 Å². The summed E-state index contributed by atoms with van der Waals surface area (Å²) in [5.41, 5.74) is 3.82. The third-order valence-electron chi connectivity index (χ3n) is 3.86. The van der Waals surface area contributed by atoms with Crippen LogP contribution in [0.15, 0.2) is 24.3 Å².